The number of hydrogen-bond acceptors (Lipinski definition) is 6. The molecule has 3 aliphatic heterocycles. The van der Waals surface area contributed by atoms with Gasteiger partial charge in [-0.1, -0.05) is 31.6 Å². The minimum Gasteiger partial charge on any atom is -0.481 e. The van der Waals surface area contributed by atoms with Crippen LogP contribution >= 0.6 is 0 Å². The van der Waals surface area contributed by atoms with Crippen molar-refractivity contribution in [3.8, 4) is 0 Å². The maximum absolute atomic E-state index is 13.6. The van der Waals surface area contributed by atoms with Crippen LogP contribution in [0.1, 0.15) is 19.8 Å². The molecule has 2 fully saturated rings. The molecule has 1 spiro atoms. The minimum atomic E-state index is -1.29. The van der Waals surface area contributed by atoms with E-state index in [9.17, 15) is 19.5 Å². The number of fused-ring (bicyclic) bond motifs is 1. The molecule has 3 rings (SSSR count). The van der Waals surface area contributed by atoms with Crippen LogP contribution in [0.4, 0.5) is 0 Å². The molecule has 0 radical (unpaired) electrons. The van der Waals surface area contributed by atoms with E-state index >= 15 is 0 Å². The van der Waals surface area contributed by atoms with Crippen LogP contribution in [-0.2, 0) is 23.9 Å². The molecule has 0 aromatic heterocycles. The zero-order chi connectivity index (χ0) is 21.9. The van der Waals surface area contributed by atoms with Crippen LogP contribution in [0, 0.1) is 11.8 Å². The first-order valence-electron chi connectivity index (χ1n) is 10.4. The normalized spacial score (nSPS) is 31.3. The molecular formula is C21H30N2O7. The fourth-order valence-electron chi connectivity index (χ4n) is 4.77. The quantitative estimate of drug-likeness (QED) is 0.337. The number of aliphatic carboxylic acids is 1. The van der Waals surface area contributed by atoms with E-state index in [1.54, 1.807) is 23.1 Å². The van der Waals surface area contributed by atoms with Crippen molar-refractivity contribution in [3.63, 3.8) is 0 Å². The Hall–Kier alpha value is -2.23. The summed E-state index contributed by atoms with van der Waals surface area (Å²) in [5, 5.41) is 18.6. The molecular weight excluding hydrogens is 392 g/mol. The summed E-state index contributed by atoms with van der Waals surface area (Å²) in [6.07, 6.45) is 5.96. The van der Waals surface area contributed by atoms with Gasteiger partial charge >= 0.3 is 5.97 Å². The second kappa shape index (κ2) is 9.28. The number of carboxylic acid groups (broad SMARTS) is 1. The summed E-state index contributed by atoms with van der Waals surface area (Å²) in [6, 6.07) is -0.963. The largest absolute Gasteiger partial charge is 0.481 e. The first-order valence-corrected chi connectivity index (χ1v) is 10.4. The number of aliphatic hydroxyl groups is 1. The van der Waals surface area contributed by atoms with Gasteiger partial charge in [-0.05, 0) is 6.42 Å². The number of aliphatic hydroxyl groups excluding tert-OH is 1. The molecule has 2 bridgehead atoms. The molecule has 5 atom stereocenters. The van der Waals surface area contributed by atoms with Gasteiger partial charge in [0.2, 0.25) is 11.8 Å². The number of rotatable bonds is 12. The lowest BCUT2D eigenvalue weighted by Gasteiger charge is -2.35. The predicted octanol–water partition coefficient (Wildman–Crippen LogP) is 0.0452. The van der Waals surface area contributed by atoms with E-state index in [1.807, 2.05) is 6.92 Å². The maximum Gasteiger partial charge on any atom is 0.310 e. The number of ether oxygens (including phenoxy) is 2. The Morgan fingerprint density at radius 2 is 2.20 bits per heavy atom. The lowest BCUT2D eigenvalue weighted by Crippen LogP contribution is -2.56. The Morgan fingerprint density at radius 1 is 1.43 bits per heavy atom. The predicted molar refractivity (Wildman–Crippen MR) is 106 cm³/mol. The monoisotopic (exact) mass is 422 g/mol. The van der Waals surface area contributed by atoms with Gasteiger partial charge in [0.25, 0.3) is 0 Å². The van der Waals surface area contributed by atoms with Crippen molar-refractivity contribution in [1.29, 1.82) is 0 Å². The van der Waals surface area contributed by atoms with Crippen molar-refractivity contribution in [2.45, 2.75) is 37.5 Å². The van der Waals surface area contributed by atoms with Gasteiger partial charge in [0.1, 0.15) is 17.6 Å². The van der Waals surface area contributed by atoms with Gasteiger partial charge in [-0.3, -0.25) is 14.4 Å². The third kappa shape index (κ3) is 3.66. The van der Waals surface area contributed by atoms with E-state index in [0.29, 0.717) is 13.1 Å². The van der Waals surface area contributed by atoms with Gasteiger partial charge in [-0.25, -0.2) is 0 Å². The van der Waals surface area contributed by atoms with Crippen LogP contribution in [0.3, 0.4) is 0 Å². The van der Waals surface area contributed by atoms with Crippen LogP contribution in [0.15, 0.2) is 24.8 Å². The average molecular weight is 422 g/mol. The standard InChI is InChI=1S/C21H30N2O7/c1-3-5-9-22(8-4-2)19(26)17-21-7-6-14(30-21)15(20(27)28)16(21)18(25)23(17)10-12-29-13-11-24/h4,6-7,14-17,24H,2-3,5,8-13H2,1H3,(H,27,28). The molecule has 0 aliphatic carbocycles. The van der Waals surface area contributed by atoms with Crippen molar-refractivity contribution in [2.24, 2.45) is 11.8 Å². The molecule has 3 aliphatic rings. The maximum atomic E-state index is 13.6. The van der Waals surface area contributed by atoms with Gasteiger partial charge in [0, 0.05) is 19.6 Å². The van der Waals surface area contributed by atoms with E-state index in [1.165, 1.54) is 4.90 Å². The van der Waals surface area contributed by atoms with E-state index in [0.717, 1.165) is 12.8 Å². The lowest BCUT2D eigenvalue weighted by atomic mass is 9.74. The van der Waals surface area contributed by atoms with E-state index in [-0.39, 0.29) is 32.3 Å². The molecule has 30 heavy (non-hydrogen) atoms. The number of likely N-dealkylation sites (tertiary alicyclic amines) is 1. The fraction of sp³-hybridized carbons (Fsp3) is 0.667. The molecule has 2 amide bonds. The van der Waals surface area contributed by atoms with E-state index < -0.39 is 41.5 Å². The van der Waals surface area contributed by atoms with Gasteiger partial charge in [0.15, 0.2) is 0 Å². The van der Waals surface area contributed by atoms with E-state index in [4.69, 9.17) is 14.6 Å². The smallest absolute Gasteiger partial charge is 0.310 e. The molecule has 0 saturated carbocycles. The zero-order valence-electron chi connectivity index (χ0n) is 17.2. The highest BCUT2D eigenvalue weighted by Crippen LogP contribution is 2.55. The average Bonchev–Trinajstić information content (AvgIpc) is 3.35. The number of nitrogens with zero attached hydrogens (tertiary/aromatic N) is 2. The molecule has 3 heterocycles. The van der Waals surface area contributed by atoms with Gasteiger partial charge in [0.05, 0.1) is 31.8 Å². The number of carboxylic acids is 1. The summed E-state index contributed by atoms with van der Waals surface area (Å²) in [6.45, 7) is 6.79. The van der Waals surface area contributed by atoms with Crippen LogP contribution in [-0.4, -0.2) is 95.0 Å². The van der Waals surface area contributed by atoms with Crippen molar-refractivity contribution in [2.75, 3.05) is 39.5 Å². The second-order valence-electron chi connectivity index (χ2n) is 7.83. The van der Waals surface area contributed by atoms with Crippen LogP contribution in [0.25, 0.3) is 0 Å². The molecule has 5 unspecified atom stereocenters. The van der Waals surface area contributed by atoms with E-state index in [2.05, 4.69) is 6.58 Å². The molecule has 0 aromatic carbocycles. The lowest BCUT2D eigenvalue weighted by molar-refractivity contribution is -0.150. The van der Waals surface area contributed by atoms with Gasteiger partial charge in [-0.15, -0.1) is 6.58 Å². The summed E-state index contributed by atoms with van der Waals surface area (Å²) in [5.74, 6) is -3.77. The number of carbonyl (C=O) groups excluding carboxylic acids is 2. The van der Waals surface area contributed by atoms with Crippen molar-refractivity contribution < 1.29 is 34.1 Å². The Kier molecular flexibility index (Phi) is 6.95. The molecule has 2 saturated heterocycles. The summed E-state index contributed by atoms with van der Waals surface area (Å²) in [7, 11) is 0. The number of amides is 2. The Labute approximate surface area is 175 Å². The third-order valence-electron chi connectivity index (χ3n) is 6.05. The fourth-order valence-corrected chi connectivity index (χ4v) is 4.77. The highest BCUT2D eigenvalue weighted by molar-refractivity contribution is 5.99. The molecule has 166 valence electrons. The topological polar surface area (TPSA) is 117 Å². The Balaban J connectivity index is 1.94. The Bertz CT molecular complexity index is 724. The van der Waals surface area contributed by atoms with Crippen molar-refractivity contribution in [3.05, 3.63) is 24.8 Å². The van der Waals surface area contributed by atoms with Crippen LogP contribution in [0.2, 0.25) is 0 Å². The highest BCUT2D eigenvalue weighted by atomic mass is 16.5. The zero-order valence-corrected chi connectivity index (χ0v) is 17.2. The summed E-state index contributed by atoms with van der Waals surface area (Å²) in [4.78, 5) is 41.9. The number of carbonyl (C=O) groups is 3. The summed E-state index contributed by atoms with van der Waals surface area (Å²) in [5.41, 5.74) is -1.29. The molecule has 9 nitrogen and oxygen atoms in total. The molecule has 0 aromatic rings. The van der Waals surface area contributed by atoms with Crippen LogP contribution < -0.4 is 0 Å². The van der Waals surface area contributed by atoms with Crippen molar-refractivity contribution >= 4 is 17.8 Å². The molecule has 2 N–H and O–H groups in total. The SMILES string of the molecule is C=CCN(CCCC)C(=O)C1N(CCOCCO)C(=O)C2C(C(=O)O)C3C=CC21O3. The summed E-state index contributed by atoms with van der Waals surface area (Å²) < 4.78 is 11.4. The number of hydrogen-bond donors (Lipinski definition) is 2. The summed E-state index contributed by atoms with van der Waals surface area (Å²) >= 11 is 0. The first-order chi connectivity index (χ1) is 14.4. The number of unbranched alkanes of at least 4 members (excludes halogenated alkanes) is 1. The van der Waals surface area contributed by atoms with Gasteiger partial charge in [-0.2, -0.15) is 0 Å². The third-order valence-corrected chi connectivity index (χ3v) is 6.05. The van der Waals surface area contributed by atoms with Gasteiger partial charge < -0.3 is 29.5 Å². The first kappa shape index (κ1) is 22.5. The van der Waals surface area contributed by atoms with Crippen LogP contribution in [0.5, 0.6) is 0 Å². The Morgan fingerprint density at radius 3 is 2.83 bits per heavy atom. The minimum absolute atomic E-state index is 0.109. The highest BCUT2D eigenvalue weighted by Gasteiger charge is 2.73. The van der Waals surface area contributed by atoms with Crippen molar-refractivity contribution in [1.82, 2.24) is 9.80 Å². The second-order valence-corrected chi connectivity index (χ2v) is 7.83. The molecule has 9 heteroatoms.